The van der Waals surface area contributed by atoms with Crippen LogP contribution in [0.1, 0.15) is 11.1 Å². The van der Waals surface area contributed by atoms with E-state index in [-0.39, 0.29) is 5.82 Å². The number of benzene rings is 3. The Bertz CT molecular complexity index is 808. The lowest BCUT2D eigenvalue weighted by Crippen LogP contribution is -2.04. The minimum Gasteiger partial charge on any atom is -0.489 e. The Morgan fingerprint density at radius 1 is 0.917 bits per heavy atom. The first-order valence-corrected chi connectivity index (χ1v) is 8.44. The summed E-state index contributed by atoms with van der Waals surface area (Å²) in [6.45, 7) is 0.972. The number of rotatable bonds is 6. The zero-order valence-corrected chi connectivity index (χ0v) is 14.6. The molecule has 122 valence electrons. The van der Waals surface area contributed by atoms with Crippen molar-refractivity contribution in [3.8, 4) is 5.75 Å². The predicted octanol–water partition coefficient (Wildman–Crippen LogP) is 5.78. The van der Waals surface area contributed by atoms with Crippen molar-refractivity contribution in [2.45, 2.75) is 13.2 Å². The molecule has 4 heteroatoms. The molecule has 3 aromatic carbocycles. The van der Waals surface area contributed by atoms with Crippen molar-refractivity contribution in [2.24, 2.45) is 0 Å². The second-order valence-corrected chi connectivity index (χ2v) is 6.31. The molecule has 0 amide bonds. The molecule has 0 aliphatic carbocycles. The van der Waals surface area contributed by atoms with E-state index in [9.17, 15) is 4.39 Å². The Balaban J connectivity index is 1.70. The lowest BCUT2D eigenvalue weighted by molar-refractivity contribution is 0.302. The van der Waals surface area contributed by atoms with E-state index >= 15 is 0 Å². The summed E-state index contributed by atoms with van der Waals surface area (Å²) >= 11 is 3.50. The molecule has 0 aliphatic heterocycles. The van der Waals surface area contributed by atoms with E-state index in [4.69, 9.17) is 4.74 Å². The summed E-state index contributed by atoms with van der Waals surface area (Å²) in [6.07, 6.45) is 0. The molecule has 3 aromatic rings. The van der Waals surface area contributed by atoms with E-state index < -0.39 is 0 Å². The van der Waals surface area contributed by atoms with Crippen LogP contribution in [0.2, 0.25) is 0 Å². The van der Waals surface area contributed by atoms with Crippen molar-refractivity contribution in [1.82, 2.24) is 0 Å². The third-order valence-electron chi connectivity index (χ3n) is 3.56. The van der Waals surface area contributed by atoms with Crippen molar-refractivity contribution in [3.05, 3.63) is 94.2 Å². The summed E-state index contributed by atoms with van der Waals surface area (Å²) in [6, 6.07) is 22.3. The maximum atomic E-state index is 13.3. The Kier molecular flexibility index (Phi) is 5.49. The van der Waals surface area contributed by atoms with Gasteiger partial charge in [0.05, 0.1) is 0 Å². The molecule has 0 fully saturated rings. The minimum absolute atomic E-state index is 0.252. The highest BCUT2D eigenvalue weighted by Gasteiger charge is 2.06. The van der Waals surface area contributed by atoms with Crippen LogP contribution in [-0.2, 0) is 13.2 Å². The van der Waals surface area contributed by atoms with Gasteiger partial charge in [0.2, 0.25) is 0 Å². The van der Waals surface area contributed by atoms with Crippen LogP contribution in [0.15, 0.2) is 77.3 Å². The number of para-hydroxylation sites is 1. The second-order valence-electron chi connectivity index (χ2n) is 5.39. The van der Waals surface area contributed by atoms with Crippen molar-refractivity contribution < 1.29 is 9.13 Å². The van der Waals surface area contributed by atoms with Crippen LogP contribution in [0.3, 0.4) is 0 Å². The van der Waals surface area contributed by atoms with Crippen molar-refractivity contribution >= 4 is 21.6 Å². The number of ether oxygens (including phenoxy) is 1. The van der Waals surface area contributed by atoms with Gasteiger partial charge in [-0.15, -0.1) is 0 Å². The van der Waals surface area contributed by atoms with Crippen LogP contribution in [0.4, 0.5) is 10.1 Å². The molecule has 0 saturated carbocycles. The Hall–Kier alpha value is -2.33. The van der Waals surface area contributed by atoms with Crippen LogP contribution in [-0.4, -0.2) is 0 Å². The number of anilines is 1. The normalized spacial score (nSPS) is 10.4. The van der Waals surface area contributed by atoms with Gasteiger partial charge < -0.3 is 10.1 Å². The first-order chi connectivity index (χ1) is 11.7. The van der Waals surface area contributed by atoms with E-state index in [1.54, 1.807) is 6.07 Å². The van der Waals surface area contributed by atoms with Gasteiger partial charge in [0, 0.05) is 22.3 Å². The van der Waals surface area contributed by atoms with Gasteiger partial charge in [0.1, 0.15) is 18.2 Å². The summed E-state index contributed by atoms with van der Waals surface area (Å²) in [4.78, 5) is 0. The van der Waals surface area contributed by atoms with E-state index in [2.05, 4.69) is 21.2 Å². The highest BCUT2D eigenvalue weighted by Crippen LogP contribution is 2.25. The van der Waals surface area contributed by atoms with Gasteiger partial charge in [0.25, 0.3) is 0 Å². The molecular weight excluding hydrogens is 369 g/mol. The molecule has 0 spiro atoms. The topological polar surface area (TPSA) is 21.3 Å². The minimum atomic E-state index is -0.252. The van der Waals surface area contributed by atoms with Gasteiger partial charge in [-0.1, -0.05) is 46.3 Å². The Labute approximate surface area is 149 Å². The Morgan fingerprint density at radius 3 is 2.54 bits per heavy atom. The molecule has 0 saturated heterocycles. The van der Waals surface area contributed by atoms with Gasteiger partial charge in [-0.3, -0.25) is 0 Å². The molecule has 0 aromatic heterocycles. The molecular formula is C20H17BrFNO. The van der Waals surface area contributed by atoms with Gasteiger partial charge in [-0.05, 0) is 48.0 Å². The number of hydrogen-bond acceptors (Lipinski definition) is 2. The van der Waals surface area contributed by atoms with Gasteiger partial charge in [0.15, 0.2) is 0 Å². The fraction of sp³-hybridized carbons (Fsp3) is 0.100. The van der Waals surface area contributed by atoms with E-state index in [0.717, 1.165) is 27.0 Å². The predicted molar refractivity (Wildman–Crippen MR) is 98.6 cm³/mol. The van der Waals surface area contributed by atoms with Crippen LogP contribution in [0.25, 0.3) is 0 Å². The summed E-state index contributed by atoms with van der Waals surface area (Å²) < 4.78 is 20.1. The van der Waals surface area contributed by atoms with E-state index in [1.807, 2.05) is 54.6 Å². The molecule has 3 rings (SSSR count). The number of hydrogen-bond donors (Lipinski definition) is 1. The average molecular weight is 386 g/mol. The molecule has 1 N–H and O–H groups in total. The second kappa shape index (κ2) is 7.97. The molecule has 24 heavy (non-hydrogen) atoms. The molecule has 0 atom stereocenters. The molecule has 0 heterocycles. The SMILES string of the molecule is Fc1cccc(COc2ccc(Br)cc2CNc2ccccc2)c1. The zero-order valence-electron chi connectivity index (χ0n) is 13.0. The number of nitrogens with one attached hydrogen (secondary N) is 1. The van der Waals surface area contributed by atoms with Crippen molar-refractivity contribution in [2.75, 3.05) is 5.32 Å². The summed E-state index contributed by atoms with van der Waals surface area (Å²) in [5.74, 6) is 0.531. The smallest absolute Gasteiger partial charge is 0.124 e. The molecule has 0 unspecified atom stereocenters. The van der Waals surface area contributed by atoms with Crippen LogP contribution < -0.4 is 10.1 Å². The van der Waals surface area contributed by atoms with E-state index in [0.29, 0.717) is 13.2 Å². The van der Waals surface area contributed by atoms with Gasteiger partial charge in [-0.25, -0.2) is 4.39 Å². The molecule has 0 bridgehead atoms. The monoisotopic (exact) mass is 385 g/mol. The van der Waals surface area contributed by atoms with Gasteiger partial charge >= 0.3 is 0 Å². The summed E-state index contributed by atoms with van der Waals surface area (Å²) in [7, 11) is 0. The fourth-order valence-electron chi connectivity index (χ4n) is 2.37. The largest absolute Gasteiger partial charge is 0.489 e. The van der Waals surface area contributed by atoms with Crippen LogP contribution in [0.5, 0.6) is 5.75 Å². The van der Waals surface area contributed by atoms with Crippen molar-refractivity contribution in [3.63, 3.8) is 0 Å². The zero-order chi connectivity index (χ0) is 16.8. The summed E-state index contributed by atoms with van der Waals surface area (Å²) in [5.41, 5.74) is 2.89. The number of halogens is 2. The lowest BCUT2D eigenvalue weighted by Gasteiger charge is -2.13. The maximum absolute atomic E-state index is 13.3. The standard InChI is InChI=1S/C20H17BrFNO/c21-17-9-10-20(24-14-15-5-4-6-18(22)11-15)16(12-17)13-23-19-7-2-1-3-8-19/h1-12,23H,13-14H2. The van der Waals surface area contributed by atoms with Crippen molar-refractivity contribution in [1.29, 1.82) is 0 Å². The summed E-state index contributed by atoms with van der Waals surface area (Å²) in [5, 5.41) is 3.38. The lowest BCUT2D eigenvalue weighted by atomic mass is 10.2. The molecule has 0 aliphatic rings. The maximum Gasteiger partial charge on any atom is 0.124 e. The highest BCUT2D eigenvalue weighted by atomic mass is 79.9. The van der Waals surface area contributed by atoms with Crippen LogP contribution >= 0.6 is 15.9 Å². The third-order valence-corrected chi connectivity index (χ3v) is 4.06. The fourth-order valence-corrected chi connectivity index (χ4v) is 2.78. The molecule has 0 radical (unpaired) electrons. The van der Waals surface area contributed by atoms with E-state index in [1.165, 1.54) is 12.1 Å². The third kappa shape index (κ3) is 4.59. The first kappa shape index (κ1) is 16.5. The Morgan fingerprint density at radius 2 is 1.75 bits per heavy atom. The highest BCUT2D eigenvalue weighted by molar-refractivity contribution is 9.10. The molecule has 2 nitrogen and oxygen atoms in total. The average Bonchev–Trinajstić information content (AvgIpc) is 2.60. The first-order valence-electron chi connectivity index (χ1n) is 7.65. The quantitative estimate of drug-likeness (QED) is 0.580. The van der Waals surface area contributed by atoms with Crippen LogP contribution in [0, 0.1) is 5.82 Å². The van der Waals surface area contributed by atoms with Gasteiger partial charge in [-0.2, -0.15) is 0 Å².